The van der Waals surface area contributed by atoms with Crippen LogP contribution in [0.2, 0.25) is 5.32 Å². The fourth-order valence-electron chi connectivity index (χ4n) is 0.118. The number of hydrogen-bond donors (Lipinski definition) is 0. The Hall–Kier alpha value is 0.476. The Morgan fingerprint density at radius 2 is 2.60 bits per heavy atom. The molecule has 0 unspecified atom stereocenters. The van der Waals surface area contributed by atoms with Crippen molar-refractivity contribution in [3.63, 3.8) is 0 Å². The van der Waals surface area contributed by atoms with Crippen molar-refractivity contribution in [1.82, 2.24) is 0 Å². The maximum absolute atomic E-state index is 3.59. The molecule has 0 aromatic carbocycles. The van der Waals surface area contributed by atoms with Crippen LogP contribution in [0.3, 0.4) is 0 Å². The monoisotopic (exact) mass is 152 g/mol. The van der Waals surface area contributed by atoms with Gasteiger partial charge in [0.15, 0.2) is 0 Å². The SMILES string of the molecule is C=CC[Se][SiH3]. The summed E-state index contributed by atoms with van der Waals surface area (Å²) in [5, 5.41) is 1.28. The second-order valence-corrected chi connectivity index (χ2v) is 5.65. The molecule has 0 spiro atoms. The van der Waals surface area contributed by atoms with Crippen molar-refractivity contribution in [2.45, 2.75) is 5.32 Å². The van der Waals surface area contributed by atoms with Crippen LogP contribution < -0.4 is 0 Å². The molecule has 0 heterocycles. The first-order valence-electron chi connectivity index (χ1n) is 1.51. The van der Waals surface area contributed by atoms with Crippen molar-refractivity contribution < 1.29 is 0 Å². The molecular weight excluding hydrogens is 143 g/mol. The molecular formula is C3H8SeSi. The summed E-state index contributed by atoms with van der Waals surface area (Å²) in [5.74, 6) is 0. The third kappa shape index (κ3) is 4.48. The molecule has 0 aliphatic carbocycles. The summed E-state index contributed by atoms with van der Waals surface area (Å²) in [6.07, 6.45) is 1.99. The van der Waals surface area contributed by atoms with Gasteiger partial charge in [-0.25, -0.2) is 0 Å². The first-order chi connectivity index (χ1) is 2.41. The molecule has 0 aliphatic heterocycles. The van der Waals surface area contributed by atoms with Gasteiger partial charge in [0, 0.05) is 0 Å². The van der Waals surface area contributed by atoms with Crippen molar-refractivity contribution in [2.75, 3.05) is 0 Å². The molecule has 0 fully saturated rings. The molecule has 0 saturated heterocycles. The van der Waals surface area contributed by atoms with Crippen LogP contribution in [0.4, 0.5) is 0 Å². The third-order valence-corrected chi connectivity index (χ3v) is 3.21. The van der Waals surface area contributed by atoms with E-state index in [9.17, 15) is 0 Å². The van der Waals surface area contributed by atoms with E-state index in [-0.39, 0.29) is 0 Å². The molecule has 0 aromatic heterocycles. The van der Waals surface area contributed by atoms with Crippen LogP contribution in [0.1, 0.15) is 0 Å². The van der Waals surface area contributed by atoms with Crippen LogP contribution in [0.5, 0.6) is 0 Å². The molecule has 0 N–H and O–H groups in total. The Labute approximate surface area is 41.7 Å². The van der Waals surface area contributed by atoms with E-state index >= 15 is 0 Å². The van der Waals surface area contributed by atoms with Crippen molar-refractivity contribution in [3.05, 3.63) is 12.7 Å². The standard InChI is InChI=1S/C3H8SeSi/c1-2-3-4-5/h2H,1,3H2,5H3. The predicted octanol–water partition coefficient (Wildman–Crippen LogP) is -0.425. The van der Waals surface area contributed by atoms with Gasteiger partial charge >= 0.3 is 41.1 Å². The van der Waals surface area contributed by atoms with Gasteiger partial charge in [-0.15, -0.1) is 0 Å². The fourth-order valence-corrected chi connectivity index (χ4v) is 1.84. The molecule has 0 rings (SSSR count). The van der Waals surface area contributed by atoms with E-state index in [4.69, 9.17) is 0 Å². The zero-order chi connectivity index (χ0) is 4.12. The topological polar surface area (TPSA) is 0 Å². The minimum atomic E-state index is 0.946. The molecule has 0 atom stereocenters. The molecule has 30 valence electrons. The molecule has 0 amide bonds. The van der Waals surface area contributed by atoms with Gasteiger partial charge in [0.05, 0.1) is 0 Å². The van der Waals surface area contributed by atoms with Gasteiger partial charge in [-0.2, -0.15) is 0 Å². The Bertz CT molecular complexity index is 28.1. The second kappa shape index (κ2) is 4.48. The van der Waals surface area contributed by atoms with Gasteiger partial charge in [-0.05, 0) is 0 Å². The third-order valence-electron chi connectivity index (χ3n) is 0.285. The van der Waals surface area contributed by atoms with E-state index in [1.165, 1.54) is 14.2 Å². The molecule has 2 heteroatoms. The summed E-state index contributed by atoms with van der Waals surface area (Å²) in [4.78, 5) is 0. The summed E-state index contributed by atoms with van der Waals surface area (Å²) in [5.41, 5.74) is 0. The van der Waals surface area contributed by atoms with Crippen LogP contribution in [-0.2, 0) is 0 Å². The minimum absolute atomic E-state index is 0.946. The van der Waals surface area contributed by atoms with Gasteiger partial charge in [0.1, 0.15) is 0 Å². The van der Waals surface area contributed by atoms with Crippen LogP contribution in [0, 0.1) is 0 Å². The van der Waals surface area contributed by atoms with Gasteiger partial charge in [0.25, 0.3) is 0 Å². The summed E-state index contributed by atoms with van der Waals surface area (Å²) < 4.78 is 0. The quantitative estimate of drug-likeness (QED) is 0.371. The first-order valence-corrected chi connectivity index (χ1v) is 8.68. The molecule has 0 bridgehead atoms. The summed E-state index contributed by atoms with van der Waals surface area (Å²) >= 11 is 0.946. The molecule has 0 aliphatic rings. The average molecular weight is 151 g/mol. The van der Waals surface area contributed by atoms with E-state index in [0.717, 1.165) is 14.3 Å². The Morgan fingerprint density at radius 1 is 2.00 bits per heavy atom. The van der Waals surface area contributed by atoms with Crippen LogP contribution in [0.15, 0.2) is 12.7 Å². The van der Waals surface area contributed by atoms with E-state index in [2.05, 4.69) is 6.58 Å². The zero-order valence-electron chi connectivity index (χ0n) is 3.40. The summed E-state index contributed by atoms with van der Waals surface area (Å²) in [7, 11) is 1.39. The van der Waals surface area contributed by atoms with Crippen molar-refractivity contribution in [3.8, 4) is 0 Å². The van der Waals surface area contributed by atoms with E-state index < -0.39 is 0 Å². The van der Waals surface area contributed by atoms with Crippen LogP contribution in [0.25, 0.3) is 0 Å². The normalized spacial score (nSPS) is 8.00. The molecule has 0 aromatic rings. The number of allylic oxidation sites excluding steroid dienone is 1. The van der Waals surface area contributed by atoms with E-state index in [1.807, 2.05) is 6.08 Å². The molecule has 0 radical (unpaired) electrons. The Morgan fingerprint density at radius 3 is 2.60 bits per heavy atom. The van der Waals surface area contributed by atoms with Crippen molar-refractivity contribution in [1.29, 1.82) is 0 Å². The van der Waals surface area contributed by atoms with E-state index in [0.29, 0.717) is 0 Å². The fraction of sp³-hybridized carbons (Fsp3) is 0.333. The molecule has 0 nitrogen and oxygen atoms in total. The van der Waals surface area contributed by atoms with Gasteiger partial charge in [0.2, 0.25) is 0 Å². The van der Waals surface area contributed by atoms with Crippen LogP contribution >= 0.6 is 0 Å². The van der Waals surface area contributed by atoms with Crippen molar-refractivity contribution in [2.24, 2.45) is 0 Å². The number of rotatable bonds is 2. The van der Waals surface area contributed by atoms with Gasteiger partial charge < -0.3 is 0 Å². The maximum atomic E-state index is 3.59. The number of hydrogen-bond acceptors (Lipinski definition) is 0. The Kier molecular flexibility index (Phi) is 4.90. The zero-order valence-corrected chi connectivity index (χ0v) is 7.11. The average Bonchev–Trinajstić information content (AvgIpc) is 1.41. The van der Waals surface area contributed by atoms with Crippen LogP contribution in [-0.4, -0.2) is 23.2 Å². The summed E-state index contributed by atoms with van der Waals surface area (Å²) in [6, 6.07) is 0. The molecule has 5 heavy (non-hydrogen) atoms. The first kappa shape index (κ1) is 5.48. The van der Waals surface area contributed by atoms with Crippen molar-refractivity contribution >= 4 is 23.2 Å². The Balaban J connectivity index is 2.40. The predicted molar refractivity (Wildman–Crippen MR) is 30.7 cm³/mol. The second-order valence-electron chi connectivity index (χ2n) is 0.744. The van der Waals surface area contributed by atoms with Gasteiger partial charge in [-0.3, -0.25) is 0 Å². The molecule has 0 saturated carbocycles. The van der Waals surface area contributed by atoms with Gasteiger partial charge in [-0.1, -0.05) is 0 Å². The summed E-state index contributed by atoms with van der Waals surface area (Å²) in [6.45, 7) is 3.59. The van der Waals surface area contributed by atoms with E-state index in [1.54, 1.807) is 0 Å².